The Bertz CT molecular complexity index is 2010. The zero-order valence-corrected chi connectivity index (χ0v) is 50.0. The van der Waals surface area contributed by atoms with Gasteiger partial charge in [-0.2, -0.15) is 0 Å². The van der Waals surface area contributed by atoms with Crippen LogP contribution in [0.25, 0.3) is 0 Å². The van der Waals surface area contributed by atoms with Crippen LogP contribution in [-0.4, -0.2) is 73.5 Å². The molecule has 3 amide bonds. The molecule has 0 unspecified atom stereocenters. The third kappa shape index (κ3) is 31.0. The summed E-state index contributed by atoms with van der Waals surface area (Å²) < 4.78 is 33.1. The van der Waals surface area contributed by atoms with Crippen LogP contribution in [0, 0.1) is 0 Å². The molecule has 12 nitrogen and oxygen atoms in total. The number of ether oxygens (including phenoxy) is 5. The molecule has 0 saturated carbocycles. The van der Waals surface area contributed by atoms with Crippen molar-refractivity contribution in [2.45, 2.75) is 283 Å². The number of unbranched alkanes of at least 4 members (excludes halogenated alkanes) is 26. The first-order valence-electron chi connectivity index (χ1n) is 31.9. The summed E-state index contributed by atoms with van der Waals surface area (Å²) in [6, 6.07) is 27.1. The fraction of sp³-hybridized carbons (Fsp3) is 0.676. The summed E-state index contributed by atoms with van der Waals surface area (Å²) in [5.74, 6) is -1.63. The van der Waals surface area contributed by atoms with E-state index in [4.69, 9.17) is 23.7 Å². The van der Waals surface area contributed by atoms with Gasteiger partial charge in [-0.3, -0.25) is 19.2 Å². The average molecular weight is 1110 g/mol. The van der Waals surface area contributed by atoms with Gasteiger partial charge in [-0.15, -0.1) is 0 Å². The molecule has 0 aliphatic carbocycles. The van der Waals surface area contributed by atoms with Gasteiger partial charge in [-0.25, -0.2) is 0 Å². The molecule has 1 fully saturated rings. The van der Waals surface area contributed by atoms with E-state index in [9.17, 15) is 19.2 Å². The minimum Gasteiger partial charge on any atom is -0.457 e. The van der Waals surface area contributed by atoms with Crippen molar-refractivity contribution in [3.8, 4) is 0 Å². The van der Waals surface area contributed by atoms with Crippen molar-refractivity contribution in [3.05, 3.63) is 108 Å². The number of hydrogen-bond acceptors (Lipinski definition) is 9. The van der Waals surface area contributed by atoms with Crippen LogP contribution in [0.4, 0.5) is 0 Å². The van der Waals surface area contributed by atoms with Gasteiger partial charge in [0.25, 0.3) is 0 Å². The monoisotopic (exact) mass is 1110 g/mol. The maximum absolute atomic E-state index is 14.7. The van der Waals surface area contributed by atoms with Gasteiger partial charge < -0.3 is 39.6 Å². The lowest BCUT2D eigenvalue weighted by Crippen LogP contribution is -2.66. The Morgan fingerprint density at radius 3 is 1.39 bits per heavy atom. The molecule has 4 rings (SSSR count). The second-order valence-electron chi connectivity index (χ2n) is 22.5. The number of nitrogens with one attached hydrogen (secondary N) is 3. The minimum absolute atomic E-state index is 0.0685. The Morgan fingerprint density at radius 1 is 0.475 bits per heavy atom. The maximum atomic E-state index is 14.7. The van der Waals surface area contributed by atoms with E-state index in [1.165, 1.54) is 109 Å². The molecule has 1 aliphatic heterocycles. The smallest absolute Gasteiger partial charge is 0.306 e. The summed E-state index contributed by atoms with van der Waals surface area (Å²) in [6.07, 6.45) is 29.2. The van der Waals surface area contributed by atoms with Gasteiger partial charge in [0, 0.05) is 19.4 Å². The Labute approximate surface area is 484 Å². The van der Waals surface area contributed by atoms with Crippen LogP contribution in [0.1, 0.15) is 243 Å². The van der Waals surface area contributed by atoms with Crippen molar-refractivity contribution >= 4 is 23.7 Å². The van der Waals surface area contributed by atoms with Gasteiger partial charge in [0.15, 0.2) is 12.4 Å². The SMILES string of the molecule is CCCCCCCCCCCCCC(=O)N[C@@H](CC(=O)N[C@@H]1[C@@H](OCc2ccccc2)O[C@H](COCc2ccccc2)[C@@H](OCc2ccccc2)[C@@H]1OC(=O)CCCCCCCCCCCCC)C(=O)NCCCCCCCCC. The highest BCUT2D eigenvalue weighted by Crippen LogP contribution is 2.30. The first-order chi connectivity index (χ1) is 39.3. The second kappa shape index (κ2) is 45.0. The van der Waals surface area contributed by atoms with Crippen LogP contribution < -0.4 is 16.0 Å². The number of carbonyl (C=O) groups is 4. The molecule has 1 saturated heterocycles. The van der Waals surface area contributed by atoms with Crippen LogP contribution in [0.5, 0.6) is 0 Å². The molecule has 0 radical (unpaired) electrons. The van der Waals surface area contributed by atoms with Crippen LogP contribution >= 0.6 is 0 Å². The van der Waals surface area contributed by atoms with E-state index in [1.807, 2.05) is 91.0 Å². The van der Waals surface area contributed by atoms with E-state index in [1.54, 1.807) is 0 Å². The fourth-order valence-electron chi connectivity index (χ4n) is 10.5. The van der Waals surface area contributed by atoms with E-state index in [0.29, 0.717) is 26.0 Å². The van der Waals surface area contributed by atoms with Gasteiger partial charge in [0.1, 0.15) is 24.3 Å². The van der Waals surface area contributed by atoms with Crippen molar-refractivity contribution in [3.63, 3.8) is 0 Å². The van der Waals surface area contributed by atoms with Gasteiger partial charge in [0.2, 0.25) is 17.7 Å². The van der Waals surface area contributed by atoms with E-state index < -0.39 is 54.5 Å². The van der Waals surface area contributed by atoms with Crippen molar-refractivity contribution in [1.82, 2.24) is 16.0 Å². The molecular formula is C68H107N3O9. The highest BCUT2D eigenvalue weighted by molar-refractivity contribution is 5.92. The number of hydrogen-bond donors (Lipinski definition) is 3. The lowest BCUT2D eigenvalue weighted by molar-refractivity contribution is -0.288. The number of carbonyl (C=O) groups excluding carboxylic acids is 4. The summed E-state index contributed by atoms with van der Waals surface area (Å²) in [6.45, 7) is 7.80. The summed E-state index contributed by atoms with van der Waals surface area (Å²) in [5.41, 5.74) is 2.76. The molecule has 3 aromatic carbocycles. The van der Waals surface area contributed by atoms with E-state index >= 15 is 0 Å². The van der Waals surface area contributed by atoms with E-state index in [0.717, 1.165) is 80.9 Å². The Kier molecular flexibility index (Phi) is 38.2. The normalized spacial score (nSPS) is 17.4. The first-order valence-corrected chi connectivity index (χ1v) is 31.9. The number of amides is 3. The van der Waals surface area contributed by atoms with Gasteiger partial charge >= 0.3 is 5.97 Å². The van der Waals surface area contributed by atoms with Gasteiger partial charge in [-0.1, -0.05) is 279 Å². The predicted molar refractivity (Wildman–Crippen MR) is 323 cm³/mol. The summed E-state index contributed by atoms with van der Waals surface area (Å²) in [4.78, 5) is 56.7. The van der Waals surface area contributed by atoms with Crippen molar-refractivity contribution in [2.24, 2.45) is 0 Å². The van der Waals surface area contributed by atoms with Crippen LogP contribution in [0.15, 0.2) is 91.0 Å². The third-order valence-corrected chi connectivity index (χ3v) is 15.3. The second-order valence-corrected chi connectivity index (χ2v) is 22.5. The van der Waals surface area contributed by atoms with E-state index in [-0.39, 0.29) is 45.0 Å². The molecule has 0 spiro atoms. The average Bonchev–Trinajstić information content (AvgIpc) is 3.53. The van der Waals surface area contributed by atoms with Gasteiger partial charge in [0.05, 0.1) is 32.8 Å². The van der Waals surface area contributed by atoms with Gasteiger partial charge in [-0.05, 0) is 36.0 Å². The van der Waals surface area contributed by atoms with Crippen LogP contribution in [-0.2, 0) is 62.7 Å². The highest BCUT2D eigenvalue weighted by atomic mass is 16.7. The third-order valence-electron chi connectivity index (χ3n) is 15.3. The topological polar surface area (TPSA) is 151 Å². The van der Waals surface area contributed by atoms with Crippen molar-refractivity contribution < 1.29 is 42.9 Å². The van der Waals surface area contributed by atoms with Crippen LogP contribution in [0.3, 0.4) is 0 Å². The fourth-order valence-corrected chi connectivity index (χ4v) is 10.5. The maximum Gasteiger partial charge on any atom is 0.306 e. The molecule has 0 bridgehead atoms. The highest BCUT2D eigenvalue weighted by Gasteiger charge is 2.50. The Balaban J connectivity index is 1.56. The van der Waals surface area contributed by atoms with Crippen molar-refractivity contribution in [1.29, 1.82) is 0 Å². The van der Waals surface area contributed by atoms with Crippen LogP contribution in [0.2, 0.25) is 0 Å². The largest absolute Gasteiger partial charge is 0.457 e. The molecule has 3 N–H and O–H groups in total. The molecule has 80 heavy (non-hydrogen) atoms. The number of esters is 1. The quantitative estimate of drug-likeness (QED) is 0.0371. The standard InChI is InChI=1S/C68H107N3O9/c1-4-7-10-13-16-18-20-22-24-27-39-48-61(72)70-59(67(75)69-50-41-29-26-15-12-9-6-3)51-62(73)71-64-66(80-63(74)49-40-28-25-23-21-19-17-14-11-8-5-2)65(77-53-57-44-35-31-36-45-57)60(55-76-52-56-42-33-30-34-43-56)79-68(64)78-54-58-46-37-32-38-47-58/h30-38,42-47,59-60,64-66,68H,4-29,39-41,48-55H2,1-3H3,(H,69,75)(H,70,72)(H,71,73)/t59-,60+,64-,65+,66+,68-/m0/s1. The summed E-state index contributed by atoms with van der Waals surface area (Å²) in [7, 11) is 0. The molecule has 0 aromatic heterocycles. The molecule has 1 aliphatic rings. The number of benzene rings is 3. The molecule has 6 atom stereocenters. The molecular weight excluding hydrogens is 1000 g/mol. The van der Waals surface area contributed by atoms with E-state index in [2.05, 4.69) is 36.7 Å². The predicted octanol–water partition coefficient (Wildman–Crippen LogP) is 15.3. The number of rotatable bonds is 48. The lowest BCUT2D eigenvalue weighted by Gasteiger charge is -2.46. The minimum atomic E-state index is -1.14. The van der Waals surface area contributed by atoms with Crippen molar-refractivity contribution in [2.75, 3.05) is 13.2 Å². The molecule has 1 heterocycles. The summed E-state index contributed by atoms with van der Waals surface area (Å²) >= 11 is 0. The molecule has 12 heteroatoms. The molecule has 3 aromatic rings. The molecule has 448 valence electrons. The Hall–Kier alpha value is -4.62. The lowest BCUT2D eigenvalue weighted by atomic mass is 9.95. The summed E-state index contributed by atoms with van der Waals surface area (Å²) in [5, 5.41) is 9.11. The zero-order chi connectivity index (χ0) is 56.9. The Morgan fingerprint density at radius 2 is 0.900 bits per heavy atom. The first kappa shape index (κ1) is 67.9. The zero-order valence-electron chi connectivity index (χ0n) is 50.0.